The van der Waals surface area contributed by atoms with Gasteiger partial charge in [0, 0.05) is 12.6 Å². The summed E-state index contributed by atoms with van der Waals surface area (Å²) in [5, 5.41) is 0. The van der Waals surface area contributed by atoms with Crippen LogP contribution in [0.2, 0.25) is 0 Å². The third-order valence-electron chi connectivity index (χ3n) is 1.64. The van der Waals surface area contributed by atoms with E-state index in [1.54, 1.807) is 0 Å². The molecule has 8 heteroatoms. The lowest BCUT2D eigenvalue weighted by Gasteiger charge is -2.26. The summed E-state index contributed by atoms with van der Waals surface area (Å²) in [6, 6.07) is -0.733. The van der Waals surface area contributed by atoms with Crippen LogP contribution >= 0.6 is 0 Å². The molecule has 92 valence electrons. The van der Waals surface area contributed by atoms with Gasteiger partial charge in [-0.3, -0.25) is 0 Å². The van der Waals surface area contributed by atoms with Gasteiger partial charge in [-0.2, -0.15) is 17.5 Å². The summed E-state index contributed by atoms with van der Waals surface area (Å²) < 4.78 is 59.5. The molecule has 4 nitrogen and oxygen atoms in total. The Bertz CT molecular complexity index is 287. The van der Waals surface area contributed by atoms with E-state index in [0.717, 1.165) is 0 Å². The van der Waals surface area contributed by atoms with Gasteiger partial charge in [-0.25, -0.2) is 8.42 Å². The fraction of sp³-hybridized carbons (Fsp3) is 1.00. The van der Waals surface area contributed by atoms with E-state index in [1.807, 2.05) is 0 Å². The van der Waals surface area contributed by atoms with Crippen LogP contribution in [0.4, 0.5) is 13.2 Å². The van der Waals surface area contributed by atoms with Crippen molar-refractivity contribution in [1.82, 2.24) is 4.31 Å². The Labute approximate surface area is 87.3 Å². The summed E-state index contributed by atoms with van der Waals surface area (Å²) in [4.78, 5) is 0. The van der Waals surface area contributed by atoms with Gasteiger partial charge in [0.2, 0.25) is 10.0 Å². The van der Waals surface area contributed by atoms with Crippen molar-refractivity contribution in [3.05, 3.63) is 0 Å². The number of nitrogens with zero attached hydrogens (tertiary/aromatic N) is 1. The third-order valence-corrected chi connectivity index (χ3v) is 3.66. The SMILES string of the molecule is CC(C)N(CC(F)(F)F)S(=O)(=O)CCN. The first kappa shape index (κ1) is 14.7. The van der Waals surface area contributed by atoms with Gasteiger partial charge < -0.3 is 5.73 Å². The first-order valence-corrected chi connectivity index (χ1v) is 5.97. The van der Waals surface area contributed by atoms with Crippen LogP contribution in [0, 0.1) is 0 Å². The molecule has 0 aromatic carbocycles. The van der Waals surface area contributed by atoms with Crippen molar-refractivity contribution in [3.63, 3.8) is 0 Å². The second-order valence-electron chi connectivity index (χ2n) is 3.36. The topological polar surface area (TPSA) is 63.4 Å². The summed E-state index contributed by atoms with van der Waals surface area (Å²) in [6.45, 7) is 1.12. The highest BCUT2D eigenvalue weighted by Crippen LogP contribution is 2.20. The minimum Gasteiger partial charge on any atom is -0.329 e. The molecular formula is C7H15F3N2O2S. The summed E-state index contributed by atoms with van der Waals surface area (Å²) in [5.41, 5.74) is 5.03. The van der Waals surface area contributed by atoms with Gasteiger partial charge in [-0.15, -0.1) is 0 Å². The maximum Gasteiger partial charge on any atom is 0.402 e. The van der Waals surface area contributed by atoms with Crippen molar-refractivity contribution in [3.8, 4) is 0 Å². The monoisotopic (exact) mass is 248 g/mol. The zero-order chi connectivity index (χ0) is 12.3. The molecule has 0 aromatic rings. The first-order chi connectivity index (χ1) is 6.60. The minimum atomic E-state index is -4.54. The van der Waals surface area contributed by atoms with E-state index in [-0.39, 0.29) is 6.54 Å². The van der Waals surface area contributed by atoms with E-state index in [0.29, 0.717) is 4.31 Å². The van der Waals surface area contributed by atoms with E-state index in [1.165, 1.54) is 13.8 Å². The lowest BCUT2D eigenvalue weighted by Crippen LogP contribution is -2.45. The maximum atomic E-state index is 12.1. The molecule has 0 amide bonds. The normalized spacial score (nSPS) is 13.9. The van der Waals surface area contributed by atoms with Crippen LogP contribution in [-0.2, 0) is 10.0 Å². The number of hydrogen-bond donors (Lipinski definition) is 1. The average Bonchev–Trinajstić information content (AvgIpc) is 1.97. The van der Waals surface area contributed by atoms with Crippen molar-refractivity contribution in [2.45, 2.75) is 26.1 Å². The molecule has 0 fully saturated rings. The standard InChI is InChI=1S/C7H15F3N2O2S/c1-6(2)12(5-7(8,9)10)15(13,14)4-3-11/h6H,3-5,11H2,1-2H3. The number of alkyl halides is 3. The van der Waals surface area contributed by atoms with Crippen molar-refractivity contribution in [1.29, 1.82) is 0 Å². The van der Waals surface area contributed by atoms with Crippen molar-refractivity contribution in [2.24, 2.45) is 5.73 Å². The van der Waals surface area contributed by atoms with Crippen LogP contribution in [0.3, 0.4) is 0 Å². The number of nitrogens with two attached hydrogens (primary N) is 1. The highest BCUT2D eigenvalue weighted by Gasteiger charge is 2.37. The molecule has 0 aromatic heterocycles. The second-order valence-corrected chi connectivity index (χ2v) is 5.40. The average molecular weight is 248 g/mol. The zero-order valence-corrected chi connectivity index (χ0v) is 9.40. The van der Waals surface area contributed by atoms with Crippen LogP contribution in [-0.4, -0.2) is 43.8 Å². The molecule has 0 unspecified atom stereocenters. The van der Waals surface area contributed by atoms with Gasteiger partial charge in [-0.05, 0) is 13.8 Å². The first-order valence-electron chi connectivity index (χ1n) is 4.36. The highest BCUT2D eigenvalue weighted by molar-refractivity contribution is 7.89. The van der Waals surface area contributed by atoms with E-state index >= 15 is 0 Å². The molecule has 0 bridgehead atoms. The second kappa shape index (κ2) is 5.13. The Morgan fingerprint density at radius 1 is 1.33 bits per heavy atom. The molecule has 0 aliphatic carbocycles. The Balaban J connectivity index is 4.83. The number of sulfonamides is 1. The lowest BCUT2D eigenvalue weighted by molar-refractivity contribution is -0.138. The van der Waals surface area contributed by atoms with Crippen LogP contribution in [0.25, 0.3) is 0 Å². The van der Waals surface area contributed by atoms with Gasteiger partial charge in [-0.1, -0.05) is 0 Å². The van der Waals surface area contributed by atoms with E-state index in [4.69, 9.17) is 5.73 Å². The van der Waals surface area contributed by atoms with Crippen molar-refractivity contribution >= 4 is 10.0 Å². The van der Waals surface area contributed by atoms with E-state index in [9.17, 15) is 21.6 Å². The van der Waals surface area contributed by atoms with Gasteiger partial charge in [0.15, 0.2) is 0 Å². The predicted octanol–water partition coefficient (Wildman–Crippen LogP) is 0.548. The molecule has 2 N–H and O–H groups in total. The van der Waals surface area contributed by atoms with Crippen molar-refractivity contribution < 1.29 is 21.6 Å². The molecule has 0 atom stereocenters. The molecule has 15 heavy (non-hydrogen) atoms. The maximum absolute atomic E-state index is 12.1. The van der Waals surface area contributed by atoms with Crippen LogP contribution in [0.5, 0.6) is 0 Å². The Morgan fingerprint density at radius 2 is 1.80 bits per heavy atom. The quantitative estimate of drug-likeness (QED) is 0.772. The van der Waals surface area contributed by atoms with E-state index in [2.05, 4.69) is 0 Å². The number of halogens is 3. The highest BCUT2D eigenvalue weighted by atomic mass is 32.2. The third kappa shape index (κ3) is 5.33. The van der Waals surface area contributed by atoms with Gasteiger partial charge in [0.25, 0.3) is 0 Å². The van der Waals surface area contributed by atoms with Crippen LogP contribution in [0.1, 0.15) is 13.8 Å². The van der Waals surface area contributed by atoms with Crippen molar-refractivity contribution in [2.75, 3.05) is 18.8 Å². The van der Waals surface area contributed by atoms with Gasteiger partial charge in [0.1, 0.15) is 6.54 Å². The fourth-order valence-corrected chi connectivity index (χ4v) is 2.56. The molecule has 0 heterocycles. The molecule has 0 aliphatic heterocycles. The lowest BCUT2D eigenvalue weighted by atomic mass is 10.4. The largest absolute Gasteiger partial charge is 0.402 e. The smallest absolute Gasteiger partial charge is 0.329 e. The summed E-state index contributed by atoms with van der Waals surface area (Å²) in [5.74, 6) is -0.471. The molecule has 0 spiro atoms. The van der Waals surface area contributed by atoms with Crippen LogP contribution in [0.15, 0.2) is 0 Å². The summed E-state index contributed by atoms with van der Waals surface area (Å²) in [7, 11) is -3.92. The molecule has 0 saturated heterocycles. The number of rotatable bonds is 5. The predicted molar refractivity (Wildman–Crippen MR) is 50.7 cm³/mol. The minimum absolute atomic E-state index is 0.191. The molecule has 0 aliphatic rings. The van der Waals surface area contributed by atoms with Gasteiger partial charge >= 0.3 is 6.18 Å². The van der Waals surface area contributed by atoms with Crippen LogP contribution < -0.4 is 5.73 Å². The molecule has 0 radical (unpaired) electrons. The molecular weight excluding hydrogens is 233 g/mol. The zero-order valence-electron chi connectivity index (χ0n) is 8.58. The Morgan fingerprint density at radius 3 is 2.07 bits per heavy atom. The molecule has 0 rings (SSSR count). The summed E-state index contributed by atoms with van der Waals surface area (Å²) >= 11 is 0. The number of hydrogen-bond acceptors (Lipinski definition) is 3. The van der Waals surface area contributed by atoms with E-state index < -0.39 is 34.5 Å². The Hall–Kier alpha value is -0.340. The molecule has 0 saturated carbocycles. The van der Waals surface area contributed by atoms with Gasteiger partial charge in [0.05, 0.1) is 5.75 Å². The Kier molecular flexibility index (Phi) is 5.01. The fourth-order valence-electron chi connectivity index (χ4n) is 1.05. The summed E-state index contributed by atoms with van der Waals surface area (Å²) in [6.07, 6.45) is -4.54.